The molecule has 2 aromatic rings. The Morgan fingerprint density at radius 2 is 1.96 bits per heavy atom. The molecule has 0 spiro atoms. The van der Waals surface area contributed by atoms with E-state index >= 15 is 0 Å². The molecule has 0 aliphatic carbocycles. The fourth-order valence-corrected chi connectivity index (χ4v) is 5.63. The zero-order chi connectivity index (χ0) is 17.9. The third kappa shape index (κ3) is 4.93. The molecular weight excluding hydrogens is 378 g/mol. The highest BCUT2D eigenvalue weighted by atomic mass is 32.2. The van der Waals surface area contributed by atoms with Crippen molar-refractivity contribution in [1.82, 2.24) is 14.2 Å². The van der Waals surface area contributed by atoms with E-state index in [9.17, 15) is 13.2 Å². The second-order valence-corrected chi connectivity index (χ2v) is 10.3. The van der Waals surface area contributed by atoms with E-state index in [1.54, 1.807) is 28.0 Å². The number of thiazole rings is 1. The molecule has 25 heavy (non-hydrogen) atoms. The monoisotopic (exact) mass is 399 g/mol. The highest BCUT2D eigenvalue weighted by molar-refractivity contribution is 8.01. The van der Waals surface area contributed by atoms with Crippen LogP contribution in [0.2, 0.25) is 0 Å². The van der Waals surface area contributed by atoms with Crippen molar-refractivity contribution in [3.63, 3.8) is 0 Å². The standard InChI is InChI=1S/C16H21N3O3S3/c1-25(21,22)19-10-8-18(9-11-19)15(20)7-4-12-23-16-17-13-5-2-3-6-14(13)24-16/h2-3,5-6H,4,7-12H2,1H3. The molecule has 0 bridgehead atoms. The first-order chi connectivity index (χ1) is 11.9. The number of carbonyl (C=O) groups excluding carboxylic acids is 1. The Kier molecular flexibility index (Phi) is 5.98. The number of nitrogens with zero attached hydrogens (tertiary/aromatic N) is 3. The Hall–Kier alpha value is -1.16. The summed E-state index contributed by atoms with van der Waals surface area (Å²) in [7, 11) is -3.15. The Morgan fingerprint density at radius 1 is 1.24 bits per heavy atom. The van der Waals surface area contributed by atoms with Crippen LogP contribution in [-0.4, -0.2) is 66.7 Å². The minimum Gasteiger partial charge on any atom is -0.340 e. The van der Waals surface area contributed by atoms with Crippen molar-refractivity contribution in [2.75, 3.05) is 38.2 Å². The molecule has 1 aromatic carbocycles. The number of sulfonamides is 1. The zero-order valence-electron chi connectivity index (χ0n) is 14.1. The SMILES string of the molecule is CS(=O)(=O)N1CCN(C(=O)CCCSc2nc3ccccc3s2)CC1. The summed E-state index contributed by atoms with van der Waals surface area (Å²) in [6.45, 7) is 1.75. The van der Waals surface area contributed by atoms with Crippen LogP contribution in [0.4, 0.5) is 0 Å². The molecule has 3 rings (SSSR count). The van der Waals surface area contributed by atoms with Crippen molar-refractivity contribution in [2.45, 2.75) is 17.2 Å². The third-order valence-corrected chi connectivity index (χ3v) is 7.66. The maximum Gasteiger partial charge on any atom is 0.222 e. The van der Waals surface area contributed by atoms with Crippen LogP contribution in [0.3, 0.4) is 0 Å². The summed E-state index contributed by atoms with van der Waals surface area (Å²) in [6.07, 6.45) is 2.51. The second-order valence-electron chi connectivity index (χ2n) is 5.94. The summed E-state index contributed by atoms with van der Waals surface area (Å²) in [6, 6.07) is 8.07. The molecule has 1 aliphatic rings. The minimum absolute atomic E-state index is 0.109. The summed E-state index contributed by atoms with van der Waals surface area (Å²) in [5, 5.41) is 0. The number of benzene rings is 1. The molecule has 1 aliphatic heterocycles. The van der Waals surface area contributed by atoms with Crippen LogP contribution in [0.1, 0.15) is 12.8 Å². The average Bonchev–Trinajstić information content (AvgIpc) is 3.00. The Balaban J connectivity index is 1.39. The maximum absolute atomic E-state index is 12.2. The van der Waals surface area contributed by atoms with Crippen molar-refractivity contribution in [2.24, 2.45) is 0 Å². The van der Waals surface area contributed by atoms with Gasteiger partial charge in [0.2, 0.25) is 15.9 Å². The summed E-state index contributed by atoms with van der Waals surface area (Å²) in [5.74, 6) is 0.965. The molecule has 0 radical (unpaired) electrons. The van der Waals surface area contributed by atoms with Crippen LogP contribution in [-0.2, 0) is 14.8 Å². The van der Waals surface area contributed by atoms with E-state index < -0.39 is 10.0 Å². The predicted molar refractivity (Wildman–Crippen MR) is 103 cm³/mol. The summed E-state index contributed by atoms with van der Waals surface area (Å²) in [4.78, 5) is 18.6. The normalized spacial score (nSPS) is 16.4. The number of fused-ring (bicyclic) bond motifs is 1. The maximum atomic E-state index is 12.2. The van der Waals surface area contributed by atoms with Crippen molar-refractivity contribution < 1.29 is 13.2 Å². The number of aromatic nitrogens is 1. The first-order valence-electron chi connectivity index (χ1n) is 8.15. The topological polar surface area (TPSA) is 70.6 Å². The lowest BCUT2D eigenvalue weighted by Gasteiger charge is -2.33. The summed E-state index contributed by atoms with van der Waals surface area (Å²) in [5.41, 5.74) is 1.02. The Labute approximate surface area is 156 Å². The van der Waals surface area contributed by atoms with Gasteiger partial charge in [-0.3, -0.25) is 4.79 Å². The van der Waals surface area contributed by atoms with Crippen LogP contribution >= 0.6 is 23.1 Å². The Bertz CT molecular complexity index is 809. The molecule has 1 aromatic heterocycles. The van der Waals surface area contributed by atoms with Crippen LogP contribution < -0.4 is 0 Å². The lowest BCUT2D eigenvalue weighted by atomic mass is 10.2. The highest BCUT2D eigenvalue weighted by Gasteiger charge is 2.25. The fourth-order valence-electron chi connectivity index (χ4n) is 2.72. The van der Waals surface area contributed by atoms with Crippen molar-refractivity contribution >= 4 is 49.2 Å². The van der Waals surface area contributed by atoms with Gasteiger partial charge in [0, 0.05) is 38.4 Å². The van der Waals surface area contributed by atoms with E-state index in [1.165, 1.54) is 15.3 Å². The first-order valence-corrected chi connectivity index (χ1v) is 11.8. The number of rotatable bonds is 6. The quantitative estimate of drug-likeness (QED) is 0.550. The number of hydrogen-bond acceptors (Lipinski definition) is 6. The van der Waals surface area contributed by atoms with Crippen molar-refractivity contribution in [3.8, 4) is 0 Å². The van der Waals surface area contributed by atoms with Gasteiger partial charge in [-0.2, -0.15) is 4.31 Å². The first kappa shape index (κ1) is 18.6. The molecule has 1 fully saturated rings. The van der Waals surface area contributed by atoms with Crippen molar-refractivity contribution in [3.05, 3.63) is 24.3 Å². The average molecular weight is 400 g/mol. The Morgan fingerprint density at radius 3 is 2.64 bits per heavy atom. The molecule has 0 atom stereocenters. The van der Waals surface area contributed by atoms with Gasteiger partial charge in [0.1, 0.15) is 0 Å². The molecule has 0 saturated carbocycles. The van der Waals surface area contributed by atoms with E-state index in [0.29, 0.717) is 32.6 Å². The van der Waals surface area contributed by atoms with Crippen molar-refractivity contribution in [1.29, 1.82) is 0 Å². The van der Waals surface area contributed by atoms with E-state index in [1.807, 2.05) is 18.2 Å². The smallest absolute Gasteiger partial charge is 0.222 e. The lowest BCUT2D eigenvalue weighted by Crippen LogP contribution is -2.50. The number of thioether (sulfide) groups is 1. The minimum atomic E-state index is -3.15. The number of amides is 1. The van der Waals surface area contributed by atoms with Gasteiger partial charge in [0.05, 0.1) is 16.5 Å². The number of hydrogen-bond donors (Lipinski definition) is 0. The van der Waals surface area contributed by atoms with Gasteiger partial charge in [-0.1, -0.05) is 23.9 Å². The molecule has 0 N–H and O–H groups in total. The number of carbonyl (C=O) groups is 1. The van der Waals surface area contributed by atoms with Gasteiger partial charge in [-0.25, -0.2) is 13.4 Å². The molecule has 9 heteroatoms. The zero-order valence-corrected chi connectivity index (χ0v) is 16.5. The second kappa shape index (κ2) is 8.03. The van der Waals surface area contributed by atoms with Crippen LogP contribution in [0.5, 0.6) is 0 Å². The van der Waals surface area contributed by atoms with Gasteiger partial charge >= 0.3 is 0 Å². The molecular formula is C16H21N3O3S3. The molecule has 6 nitrogen and oxygen atoms in total. The van der Waals surface area contributed by atoms with E-state index in [4.69, 9.17) is 0 Å². The molecule has 0 unspecified atom stereocenters. The summed E-state index contributed by atoms with van der Waals surface area (Å²) < 4.78 is 26.6. The van der Waals surface area contributed by atoms with Crippen LogP contribution in [0, 0.1) is 0 Å². The number of piperazine rings is 1. The van der Waals surface area contributed by atoms with Crippen LogP contribution in [0.15, 0.2) is 28.6 Å². The van der Waals surface area contributed by atoms with Gasteiger partial charge < -0.3 is 4.90 Å². The van der Waals surface area contributed by atoms with Gasteiger partial charge in [0.15, 0.2) is 4.34 Å². The van der Waals surface area contributed by atoms with E-state index in [0.717, 1.165) is 22.0 Å². The molecule has 1 saturated heterocycles. The molecule has 1 amide bonds. The highest BCUT2D eigenvalue weighted by Crippen LogP contribution is 2.29. The predicted octanol–water partition coefficient (Wildman–Crippen LogP) is 2.27. The largest absolute Gasteiger partial charge is 0.340 e. The van der Waals surface area contributed by atoms with E-state index in [-0.39, 0.29) is 5.91 Å². The number of para-hydroxylation sites is 1. The lowest BCUT2D eigenvalue weighted by molar-refractivity contribution is -0.132. The van der Waals surface area contributed by atoms with Gasteiger partial charge in [-0.15, -0.1) is 11.3 Å². The summed E-state index contributed by atoms with van der Waals surface area (Å²) >= 11 is 3.37. The van der Waals surface area contributed by atoms with Crippen LogP contribution in [0.25, 0.3) is 10.2 Å². The molecule has 2 heterocycles. The van der Waals surface area contributed by atoms with Gasteiger partial charge in [0.25, 0.3) is 0 Å². The molecule has 136 valence electrons. The fraction of sp³-hybridized carbons (Fsp3) is 0.500. The van der Waals surface area contributed by atoms with E-state index in [2.05, 4.69) is 11.1 Å². The van der Waals surface area contributed by atoms with Gasteiger partial charge in [-0.05, 0) is 18.6 Å². The third-order valence-electron chi connectivity index (χ3n) is 4.10.